The highest BCUT2D eigenvalue weighted by Crippen LogP contribution is 2.40. The number of fused-ring (bicyclic) bond motifs is 1. The van der Waals surface area contributed by atoms with E-state index >= 15 is 0 Å². The Balaban J connectivity index is 2.11. The summed E-state index contributed by atoms with van der Waals surface area (Å²) >= 11 is 6.28. The van der Waals surface area contributed by atoms with Crippen molar-refractivity contribution < 1.29 is 13.9 Å². The van der Waals surface area contributed by atoms with E-state index in [0.29, 0.717) is 29.5 Å². The smallest absolute Gasteiger partial charge is 0.161 e. The van der Waals surface area contributed by atoms with Gasteiger partial charge in [0.1, 0.15) is 5.82 Å². The van der Waals surface area contributed by atoms with Crippen LogP contribution < -0.4 is 14.8 Å². The van der Waals surface area contributed by atoms with Crippen LogP contribution in [-0.2, 0) is 6.42 Å². The van der Waals surface area contributed by atoms with Crippen LogP contribution in [-0.4, -0.2) is 19.8 Å². The molecule has 0 aromatic heterocycles. The molecule has 24 heavy (non-hydrogen) atoms. The Morgan fingerprint density at radius 1 is 1.17 bits per heavy atom. The second kappa shape index (κ2) is 7.41. The number of nitrogens with one attached hydrogen (secondary N) is 1. The third-order valence-corrected chi connectivity index (χ3v) is 4.48. The van der Waals surface area contributed by atoms with Crippen molar-refractivity contribution >= 4 is 11.6 Å². The monoisotopic (exact) mass is 349 g/mol. The van der Waals surface area contributed by atoms with Crippen LogP contribution in [0.15, 0.2) is 30.3 Å². The second-order valence-corrected chi connectivity index (χ2v) is 6.04. The molecular weight excluding hydrogens is 329 g/mol. The van der Waals surface area contributed by atoms with E-state index in [0.717, 1.165) is 29.8 Å². The first-order valence-electron chi connectivity index (χ1n) is 8.25. The van der Waals surface area contributed by atoms with Crippen molar-refractivity contribution in [1.29, 1.82) is 0 Å². The number of hydrogen-bond acceptors (Lipinski definition) is 3. The molecular formula is C19H21ClFNO2. The van der Waals surface area contributed by atoms with Crippen LogP contribution in [0.5, 0.6) is 11.5 Å². The molecule has 3 rings (SSSR count). The first-order valence-corrected chi connectivity index (χ1v) is 8.63. The van der Waals surface area contributed by atoms with Crippen molar-refractivity contribution in [1.82, 2.24) is 5.32 Å². The Hall–Kier alpha value is -1.78. The molecule has 0 bridgehead atoms. The lowest BCUT2D eigenvalue weighted by atomic mass is 9.89. The molecule has 1 aliphatic rings. The lowest BCUT2D eigenvalue weighted by Crippen LogP contribution is -2.31. The molecule has 0 aliphatic carbocycles. The van der Waals surface area contributed by atoms with Gasteiger partial charge in [-0.15, -0.1) is 0 Å². The summed E-state index contributed by atoms with van der Waals surface area (Å²) in [5.74, 6) is 1.11. The second-order valence-electron chi connectivity index (χ2n) is 5.64. The Morgan fingerprint density at radius 2 is 1.88 bits per heavy atom. The van der Waals surface area contributed by atoms with Gasteiger partial charge >= 0.3 is 0 Å². The van der Waals surface area contributed by atoms with Crippen molar-refractivity contribution in [3.8, 4) is 11.5 Å². The van der Waals surface area contributed by atoms with E-state index in [1.807, 2.05) is 26.0 Å². The molecule has 2 aromatic carbocycles. The van der Waals surface area contributed by atoms with Gasteiger partial charge in [-0.3, -0.25) is 0 Å². The summed E-state index contributed by atoms with van der Waals surface area (Å²) in [4.78, 5) is 0. The van der Waals surface area contributed by atoms with Gasteiger partial charge in [-0.1, -0.05) is 17.7 Å². The molecule has 0 radical (unpaired) electrons. The maximum absolute atomic E-state index is 14.4. The lowest BCUT2D eigenvalue weighted by Gasteiger charge is -2.29. The van der Waals surface area contributed by atoms with Crippen LogP contribution in [0, 0.1) is 5.82 Å². The molecule has 5 heteroatoms. The average Bonchev–Trinajstić information content (AvgIpc) is 2.56. The van der Waals surface area contributed by atoms with Crippen LogP contribution >= 0.6 is 11.6 Å². The van der Waals surface area contributed by atoms with Crippen LogP contribution in [0.3, 0.4) is 0 Å². The van der Waals surface area contributed by atoms with Gasteiger partial charge in [0.25, 0.3) is 0 Å². The number of benzene rings is 2. The summed E-state index contributed by atoms with van der Waals surface area (Å²) in [6.45, 7) is 5.73. The summed E-state index contributed by atoms with van der Waals surface area (Å²) in [7, 11) is 0. The molecule has 1 unspecified atom stereocenters. The Morgan fingerprint density at radius 3 is 2.54 bits per heavy atom. The van der Waals surface area contributed by atoms with E-state index in [4.69, 9.17) is 21.1 Å². The summed E-state index contributed by atoms with van der Waals surface area (Å²) in [6, 6.07) is 8.44. The largest absolute Gasteiger partial charge is 0.490 e. The van der Waals surface area contributed by atoms with Crippen molar-refractivity contribution in [3.05, 3.63) is 57.9 Å². The summed E-state index contributed by atoms with van der Waals surface area (Å²) in [5, 5.41) is 3.80. The van der Waals surface area contributed by atoms with Gasteiger partial charge in [0.15, 0.2) is 11.5 Å². The maximum Gasteiger partial charge on any atom is 0.161 e. The van der Waals surface area contributed by atoms with Crippen molar-refractivity contribution in [2.75, 3.05) is 19.8 Å². The average molecular weight is 350 g/mol. The number of halogens is 2. The quantitative estimate of drug-likeness (QED) is 0.861. The third-order valence-electron chi connectivity index (χ3n) is 4.15. The van der Waals surface area contributed by atoms with Crippen LogP contribution in [0.2, 0.25) is 5.02 Å². The Bertz CT molecular complexity index is 715. The van der Waals surface area contributed by atoms with Crippen molar-refractivity contribution in [2.24, 2.45) is 0 Å². The molecule has 0 saturated carbocycles. The molecule has 0 spiro atoms. The lowest BCUT2D eigenvalue weighted by molar-refractivity contribution is 0.286. The summed E-state index contributed by atoms with van der Waals surface area (Å²) < 4.78 is 25.8. The summed E-state index contributed by atoms with van der Waals surface area (Å²) in [6.07, 6.45) is 0.852. The fraction of sp³-hybridized carbons (Fsp3) is 0.368. The zero-order chi connectivity index (χ0) is 17.1. The van der Waals surface area contributed by atoms with Crippen LogP contribution in [0.4, 0.5) is 4.39 Å². The minimum absolute atomic E-state index is 0.294. The van der Waals surface area contributed by atoms with E-state index in [-0.39, 0.29) is 11.9 Å². The van der Waals surface area contributed by atoms with Gasteiger partial charge in [0.2, 0.25) is 0 Å². The standard InChI is InChI=1S/C19H21ClFNO2/c1-3-23-16-10-12-8-9-22-19(13(12)11-17(16)24-4-2)18-14(20)6-5-7-15(18)21/h5-7,10-11,19,22H,3-4,8-9H2,1-2H3. The first-order chi connectivity index (χ1) is 11.7. The minimum atomic E-state index is -0.306. The Labute approximate surface area is 146 Å². The molecule has 1 atom stereocenters. The number of ether oxygens (including phenoxy) is 2. The zero-order valence-corrected chi connectivity index (χ0v) is 14.6. The highest BCUT2D eigenvalue weighted by molar-refractivity contribution is 6.31. The number of rotatable bonds is 5. The third kappa shape index (κ3) is 3.21. The molecule has 1 aliphatic heterocycles. The van der Waals surface area contributed by atoms with Crippen LogP contribution in [0.1, 0.15) is 36.6 Å². The maximum atomic E-state index is 14.4. The van der Waals surface area contributed by atoms with Gasteiger partial charge in [-0.2, -0.15) is 0 Å². The van der Waals surface area contributed by atoms with E-state index in [1.165, 1.54) is 6.07 Å². The zero-order valence-electron chi connectivity index (χ0n) is 13.9. The highest BCUT2D eigenvalue weighted by atomic mass is 35.5. The fourth-order valence-corrected chi connectivity index (χ4v) is 3.42. The normalized spacial score (nSPS) is 16.6. The molecule has 0 amide bonds. The van der Waals surface area contributed by atoms with Crippen molar-refractivity contribution in [2.45, 2.75) is 26.3 Å². The van der Waals surface area contributed by atoms with Crippen LogP contribution in [0.25, 0.3) is 0 Å². The highest BCUT2D eigenvalue weighted by Gasteiger charge is 2.27. The number of hydrogen-bond donors (Lipinski definition) is 1. The van der Waals surface area contributed by atoms with Gasteiger partial charge in [0, 0.05) is 17.1 Å². The minimum Gasteiger partial charge on any atom is -0.490 e. The molecule has 3 nitrogen and oxygen atoms in total. The molecule has 1 heterocycles. The van der Waals surface area contributed by atoms with Gasteiger partial charge in [-0.25, -0.2) is 4.39 Å². The van der Waals surface area contributed by atoms with Crippen molar-refractivity contribution in [3.63, 3.8) is 0 Å². The van der Waals surface area contributed by atoms with Gasteiger partial charge in [-0.05, 0) is 55.7 Å². The molecule has 2 aromatic rings. The fourth-order valence-electron chi connectivity index (χ4n) is 3.14. The van der Waals surface area contributed by atoms with Gasteiger partial charge in [0.05, 0.1) is 19.3 Å². The van der Waals surface area contributed by atoms with E-state index in [2.05, 4.69) is 5.32 Å². The molecule has 128 valence electrons. The molecule has 0 saturated heterocycles. The molecule has 1 N–H and O–H groups in total. The Kier molecular flexibility index (Phi) is 5.27. The first kappa shape index (κ1) is 17.1. The molecule has 0 fully saturated rings. The van der Waals surface area contributed by atoms with E-state index in [1.54, 1.807) is 12.1 Å². The van der Waals surface area contributed by atoms with Gasteiger partial charge < -0.3 is 14.8 Å². The van der Waals surface area contributed by atoms with E-state index < -0.39 is 0 Å². The SMILES string of the molecule is CCOc1cc2c(cc1OCC)C(c1c(F)cccc1Cl)NCC2. The topological polar surface area (TPSA) is 30.5 Å². The summed E-state index contributed by atoms with van der Waals surface area (Å²) in [5.41, 5.74) is 2.59. The van der Waals surface area contributed by atoms with E-state index in [9.17, 15) is 4.39 Å². The predicted octanol–water partition coefficient (Wildman–Crippen LogP) is 4.51. The predicted molar refractivity (Wildman–Crippen MR) is 93.7 cm³/mol.